The second-order valence-electron chi connectivity index (χ2n) is 7.91. The maximum Gasteiger partial charge on any atom is 0.330 e. The number of nitrogens with zero attached hydrogens (tertiary/aromatic N) is 2. The van der Waals surface area contributed by atoms with Crippen molar-refractivity contribution in [2.24, 2.45) is 5.92 Å². The molecule has 10 heteroatoms. The summed E-state index contributed by atoms with van der Waals surface area (Å²) in [6.07, 6.45) is 0.0370. The number of anilines is 1. The Labute approximate surface area is 186 Å². The first-order valence-corrected chi connectivity index (χ1v) is 10.1. The summed E-state index contributed by atoms with van der Waals surface area (Å²) in [5.41, 5.74) is -0.253. The lowest BCUT2D eigenvalue weighted by Gasteiger charge is -2.31. The van der Waals surface area contributed by atoms with E-state index in [4.69, 9.17) is 4.74 Å². The minimum Gasteiger partial charge on any atom is -0.461 e. The number of nitrogens with one attached hydrogen (secondary N) is 1. The molecule has 0 saturated carbocycles. The lowest BCUT2D eigenvalue weighted by Crippen LogP contribution is -2.46. The van der Waals surface area contributed by atoms with Gasteiger partial charge in [0.2, 0.25) is 0 Å². The summed E-state index contributed by atoms with van der Waals surface area (Å²) in [6.45, 7) is -0.0853. The van der Waals surface area contributed by atoms with E-state index >= 15 is 0 Å². The number of aromatic amines is 1. The first-order valence-electron chi connectivity index (χ1n) is 10.1. The van der Waals surface area contributed by atoms with E-state index in [1.54, 1.807) is 11.9 Å². The van der Waals surface area contributed by atoms with Crippen molar-refractivity contribution in [3.05, 3.63) is 97.4 Å². The first kappa shape index (κ1) is 22.4. The van der Waals surface area contributed by atoms with Crippen LogP contribution in [0, 0.1) is 23.4 Å². The average Bonchev–Trinajstić information content (AvgIpc) is 2.79. The number of H-pyrrole nitrogens is 1. The van der Waals surface area contributed by atoms with Gasteiger partial charge in [0.1, 0.15) is 18.2 Å². The molecular formula is C23H20F3N3O4. The SMILES string of the molecule is CN1CC(C(=O)OCc2ccc(F)cc2)Cc2c1[nH]c(=O)n(Cc1ccc(F)c(F)c1)c2=O. The zero-order valence-electron chi connectivity index (χ0n) is 17.6. The topological polar surface area (TPSA) is 84.4 Å². The van der Waals surface area contributed by atoms with Gasteiger partial charge < -0.3 is 9.64 Å². The number of halogens is 3. The molecule has 1 aliphatic heterocycles. The molecule has 0 aliphatic carbocycles. The van der Waals surface area contributed by atoms with E-state index in [0.29, 0.717) is 11.4 Å². The van der Waals surface area contributed by atoms with Crippen molar-refractivity contribution in [3.63, 3.8) is 0 Å². The Hall–Kier alpha value is -3.82. The Bertz CT molecular complexity index is 1320. The highest BCUT2D eigenvalue weighted by Gasteiger charge is 2.32. The van der Waals surface area contributed by atoms with Crippen LogP contribution < -0.4 is 16.1 Å². The maximum absolute atomic E-state index is 13.5. The van der Waals surface area contributed by atoms with Crippen LogP contribution in [0.1, 0.15) is 16.7 Å². The van der Waals surface area contributed by atoms with E-state index in [1.165, 1.54) is 30.3 Å². The fourth-order valence-electron chi connectivity index (χ4n) is 3.82. The van der Waals surface area contributed by atoms with E-state index in [0.717, 1.165) is 16.7 Å². The Morgan fingerprint density at radius 2 is 1.76 bits per heavy atom. The summed E-state index contributed by atoms with van der Waals surface area (Å²) in [4.78, 5) is 42.4. The van der Waals surface area contributed by atoms with Gasteiger partial charge in [0.05, 0.1) is 18.0 Å². The molecule has 0 spiro atoms. The van der Waals surface area contributed by atoms with Gasteiger partial charge in [-0.2, -0.15) is 0 Å². The second-order valence-corrected chi connectivity index (χ2v) is 7.91. The highest BCUT2D eigenvalue weighted by Crippen LogP contribution is 2.24. The molecule has 0 amide bonds. The lowest BCUT2D eigenvalue weighted by atomic mass is 9.95. The van der Waals surface area contributed by atoms with E-state index in [1.807, 2.05) is 0 Å². The minimum absolute atomic E-state index is 0.0370. The predicted octanol–water partition coefficient (Wildman–Crippen LogP) is 2.35. The molecule has 1 N–H and O–H groups in total. The number of benzene rings is 2. The molecule has 1 aromatic heterocycles. The van der Waals surface area contributed by atoms with Gasteiger partial charge in [-0.3, -0.25) is 19.1 Å². The fraction of sp³-hybridized carbons (Fsp3) is 0.261. The Balaban J connectivity index is 1.56. The molecule has 1 atom stereocenters. The third-order valence-electron chi connectivity index (χ3n) is 5.54. The Morgan fingerprint density at radius 3 is 2.45 bits per heavy atom. The molecule has 4 rings (SSSR count). The normalized spacial score (nSPS) is 15.3. The van der Waals surface area contributed by atoms with Crippen molar-refractivity contribution in [3.8, 4) is 0 Å². The number of rotatable bonds is 5. The molecule has 7 nitrogen and oxygen atoms in total. The number of carbonyl (C=O) groups is 1. The largest absolute Gasteiger partial charge is 0.461 e. The van der Waals surface area contributed by atoms with Gasteiger partial charge in [0.25, 0.3) is 5.56 Å². The molecule has 0 saturated heterocycles. The number of hydrogen-bond donors (Lipinski definition) is 1. The molecule has 0 fully saturated rings. The molecule has 0 radical (unpaired) electrons. The summed E-state index contributed by atoms with van der Waals surface area (Å²) >= 11 is 0. The monoisotopic (exact) mass is 459 g/mol. The van der Waals surface area contributed by atoms with Crippen molar-refractivity contribution in [1.82, 2.24) is 9.55 Å². The number of fused-ring (bicyclic) bond motifs is 1. The molecular weight excluding hydrogens is 439 g/mol. The van der Waals surface area contributed by atoms with Crippen LogP contribution in [-0.2, 0) is 29.1 Å². The van der Waals surface area contributed by atoms with Gasteiger partial charge in [-0.05, 0) is 41.8 Å². The molecule has 2 aromatic carbocycles. The van der Waals surface area contributed by atoms with Crippen molar-refractivity contribution in [2.75, 3.05) is 18.5 Å². The molecule has 1 aliphatic rings. The quantitative estimate of drug-likeness (QED) is 0.593. The molecule has 2 heterocycles. The number of esters is 1. The van der Waals surface area contributed by atoms with E-state index in [-0.39, 0.29) is 37.2 Å². The molecule has 33 heavy (non-hydrogen) atoms. The van der Waals surface area contributed by atoms with Crippen molar-refractivity contribution in [1.29, 1.82) is 0 Å². The molecule has 1 unspecified atom stereocenters. The second kappa shape index (κ2) is 8.97. The van der Waals surface area contributed by atoms with Gasteiger partial charge in [-0.1, -0.05) is 18.2 Å². The van der Waals surface area contributed by atoms with Gasteiger partial charge in [0.15, 0.2) is 11.6 Å². The molecule has 3 aromatic rings. The number of ether oxygens (including phenoxy) is 1. The summed E-state index contributed by atoms with van der Waals surface area (Å²) in [5, 5.41) is 0. The third-order valence-corrected chi connectivity index (χ3v) is 5.54. The van der Waals surface area contributed by atoms with E-state index in [2.05, 4.69) is 4.98 Å². The highest BCUT2D eigenvalue weighted by atomic mass is 19.2. The highest BCUT2D eigenvalue weighted by molar-refractivity contribution is 5.75. The number of hydrogen-bond acceptors (Lipinski definition) is 5. The van der Waals surface area contributed by atoms with E-state index < -0.39 is 40.6 Å². The van der Waals surface area contributed by atoms with Crippen LogP contribution in [0.2, 0.25) is 0 Å². The standard InChI is InChI=1S/C23H20F3N3O4/c1-28-11-15(22(31)33-12-13-2-5-16(24)6-3-13)9-17-20(28)27-23(32)29(21(17)30)10-14-4-7-18(25)19(26)8-14/h2-8,15H,9-12H2,1H3,(H,27,32). The van der Waals surface area contributed by atoms with Gasteiger partial charge in [0, 0.05) is 13.6 Å². The first-order chi connectivity index (χ1) is 15.7. The van der Waals surface area contributed by atoms with Gasteiger partial charge >= 0.3 is 11.7 Å². The van der Waals surface area contributed by atoms with Gasteiger partial charge in [-0.25, -0.2) is 18.0 Å². The average molecular weight is 459 g/mol. The third kappa shape index (κ3) is 4.69. The Kier molecular flexibility index (Phi) is 6.08. The van der Waals surface area contributed by atoms with Crippen LogP contribution >= 0.6 is 0 Å². The van der Waals surface area contributed by atoms with Crippen LogP contribution in [0.4, 0.5) is 19.0 Å². The number of carbonyl (C=O) groups excluding carboxylic acids is 1. The van der Waals surface area contributed by atoms with Crippen LogP contribution in [0.25, 0.3) is 0 Å². The number of aromatic nitrogens is 2. The zero-order valence-corrected chi connectivity index (χ0v) is 17.6. The van der Waals surface area contributed by atoms with Crippen LogP contribution in [0.3, 0.4) is 0 Å². The summed E-state index contributed by atoms with van der Waals surface area (Å²) in [7, 11) is 1.63. The van der Waals surface area contributed by atoms with Crippen LogP contribution in [-0.4, -0.2) is 29.1 Å². The van der Waals surface area contributed by atoms with Crippen molar-refractivity contribution >= 4 is 11.8 Å². The molecule has 0 bridgehead atoms. The smallest absolute Gasteiger partial charge is 0.330 e. The summed E-state index contributed by atoms with van der Waals surface area (Å²) < 4.78 is 46.0. The Morgan fingerprint density at radius 1 is 1.06 bits per heavy atom. The maximum atomic E-state index is 13.5. The van der Waals surface area contributed by atoms with Crippen LogP contribution in [0.15, 0.2) is 52.1 Å². The summed E-state index contributed by atoms with van der Waals surface area (Å²) in [5.74, 6) is -3.42. The minimum atomic E-state index is -1.08. The predicted molar refractivity (Wildman–Crippen MR) is 113 cm³/mol. The molecule has 172 valence electrons. The zero-order chi connectivity index (χ0) is 23.7. The van der Waals surface area contributed by atoms with Crippen molar-refractivity contribution in [2.45, 2.75) is 19.6 Å². The van der Waals surface area contributed by atoms with Crippen LogP contribution in [0.5, 0.6) is 0 Å². The fourth-order valence-corrected chi connectivity index (χ4v) is 3.82. The van der Waals surface area contributed by atoms with Crippen molar-refractivity contribution < 1.29 is 22.7 Å². The lowest BCUT2D eigenvalue weighted by molar-refractivity contribution is -0.149. The van der Waals surface area contributed by atoms with E-state index in [9.17, 15) is 27.6 Å². The van der Waals surface area contributed by atoms with Gasteiger partial charge in [-0.15, -0.1) is 0 Å². The summed E-state index contributed by atoms with van der Waals surface area (Å²) in [6, 6.07) is 8.66.